The van der Waals surface area contributed by atoms with Crippen LogP contribution < -0.4 is 10.1 Å². The lowest BCUT2D eigenvalue weighted by molar-refractivity contribution is 0.233. The third-order valence-electron chi connectivity index (χ3n) is 3.50. The van der Waals surface area contributed by atoms with Crippen LogP contribution in [-0.4, -0.2) is 18.8 Å². The second kappa shape index (κ2) is 7.20. The first-order valence-electron chi connectivity index (χ1n) is 6.91. The van der Waals surface area contributed by atoms with E-state index in [4.69, 9.17) is 4.74 Å². The van der Waals surface area contributed by atoms with E-state index >= 15 is 0 Å². The number of benzene rings is 2. The zero-order valence-electron chi connectivity index (χ0n) is 12.2. The van der Waals surface area contributed by atoms with Crippen molar-refractivity contribution in [2.45, 2.75) is 19.0 Å². The van der Waals surface area contributed by atoms with E-state index in [1.54, 1.807) is 12.1 Å². The standard InChI is InChI=1S/C17H20FNO2/c1-12(17-14(18)9-6-10-16(17)21-2)19-15(11-20)13-7-4-3-5-8-13/h3-10,12,15,19-20H,11H2,1-2H3/t12?,15-/m1/s1. The van der Waals surface area contributed by atoms with Gasteiger partial charge in [0.05, 0.1) is 19.8 Å². The minimum atomic E-state index is -0.320. The number of ether oxygens (including phenoxy) is 1. The summed E-state index contributed by atoms with van der Waals surface area (Å²) >= 11 is 0. The maximum absolute atomic E-state index is 14.1. The summed E-state index contributed by atoms with van der Waals surface area (Å²) < 4.78 is 19.3. The average Bonchev–Trinajstić information content (AvgIpc) is 2.52. The lowest BCUT2D eigenvalue weighted by Crippen LogP contribution is -2.28. The molecule has 0 heterocycles. The quantitative estimate of drug-likeness (QED) is 0.858. The molecule has 2 atom stereocenters. The van der Waals surface area contributed by atoms with Crippen LogP contribution in [0.1, 0.15) is 30.1 Å². The van der Waals surface area contributed by atoms with E-state index in [0.29, 0.717) is 11.3 Å². The van der Waals surface area contributed by atoms with Crippen LogP contribution in [0.5, 0.6) is 5.75 Å². The highest BCUT2D eigenvalue weighted by Gasteiger charge is 2.20. The Morgan fingerprint density at radius 3 is 2.48 bits per heavy atom. The van der Waals surface area contributed by atoms with Crippen molar-refractivity contribution in [1.29, 1.82) is 0 Å². The van der Waals surface area contributed by atoms with Crippen LogP contribution in [0.25, 0.3) is 0 Å². The van der Waals surface area contributed by atoms with E-state index in [9.17, 15) is 9.50 Å². The smallest absolute Gasteiger partial charge is 0.131 e. The lowest BCUT2D eigenvalue weighted by Gasteiger charge is -2.24. The molecule has 0 aliphatic carbocycles. The van der Waals surface area contributed by atoms with Gasteiger partial charge in [0.15, 0.2) is 0 Å². The molecule has 0 fully saturated rings. The van der Waals surface area contributed by atoms with E-state index in [0.717, 1.165) is 5.56 Å². The molecule has 0 bridgehead atoms. The Bertz CT molecular complexity index is 574. The van der Waals surface area contributed by atoms with E-state index in [2.05, 4.69) is 5.32 Å². The molecule has 0 aliphatic heterocycles. The first-order valence-corrected chi connectivity index (χ1v) is 6.91. The zero-order valence-corrected chi connectivity index (χ0v) is 12.2. The van der Waals surface area contributed by atoms with Crippen molar-refractivity contribution < 1.29 is 14.2 Å². The Balaban J connectivity index is 2.23. The molecule has 2 aromatic carbocycles. The summed E-state index contributed by atoms with van der Waals surface area (Å²) in [6, 6.07) is 13.8. The summed E-state index contributed by atoms with van der Waals surface area (Å²) in [5, 5.41) is 12.8. The van der Waals surface area contributed by atoms with Gasteiger partial charge in [-0.15, -0.1) is 0 Å². The molecule has 3 nitrogen and oxygen atoms in total. The SMILES string of the molecule is COc1cccc(F)c1C(C)N[C@H](CO)c1ccccc1. The molecule has 0 amide bonds. The molecule has 21 heavy (non-hydrogen) atoms. The molecule has 1 unspecified atom stereocenters. The van der Waals surface area contributed by atoms with Gasteiger partial charge in [0, 0.05) is 11.6 Å². The van der Waals surface area contributed by atoms with Crippen molar-refractivity contribution >= 4 is 0 Å². The highest BCUT2D eigenvalue weighted by molar-refractivity contribution is 5.37. The monoisotopic (exact) mass is 289 g/mol. The third kappa shape index (κ3) is 3.60. The molecule has 0 spiro atoms. The second-order valence-corrected chi connectivity index (χ2v) is 4.89. The number of halogens is 1. The van der Waals surface area contributed by atoms with E-state index < -0.39 is 0 Å². The number of methoxy groups -OCH3 is 1. The van der Waals surface area contributed by atoms with Gasteiger partial charge in [0.25, 0.3) is 0 Å². The topological polar surface area (TPSA) is 41.5 Å². The molecule has 112 valence electrons. The Kier molecular flexibility index (Phi) is 5.31. The summed E-state index contributed by atoms with van der Waals surface area (Å²) in [5.41, 5.74) is 1.43. The van der Waals surface area contributed by atoms with Gasteiger partial charge in [-0.1, -0.05) is 36.4 Å². The Labute approximate surface area is 124 Å². The molecule has 0 aromatic heterocycles. The second-order valence-electron chi connectivity index (χ2n) is 4.89. The maximum atomic E-state index is 14.1. The molecule has 2 aromatic rings. The fourth-order valence-electron chi connectivity index (χ4n) is 2.44. The van der Waals surface area contributed by atoms with Gasteiger partial charge >= 0.3 is 0 Å². The van der Waals surface area contributed by atoms with Crippen molar-refractivity contribution in [3.8, 4) is 5.75 Å². The van der Waals surface area contributed by atoms with Crippen LogP contribution in [0, 0.1) is 5.82 Å². The van der Waals surface area contributed by atoms with Gasteiger partial charge in [0.2, 0.25) is 0 Å². The maximum Gasteiger partial charge on any atom is 0.131 e. The van der Waals surface area contributed by atoms with E-state index in [1.165, 1.54) is 13.2 Å². The van der Waals surface area contributed by atoms with E-state index in [-0.39, 0.29) is 24.5 Å². The molecule has 2 N–H and O–H groups in total. The van der Waals surface area contributed by atoms with Crippen molar-refractivity contribution in [1.82, 2.24) is 5.32 Å². The van der Waals surface area contributed by atoms with Gasteiger partial charge < -0.3 is 15.2 Å². The van der Waals surface area contributed by atoms with Gasteiger partial charge in [-0.3, -0.25) is 0 Å². The molecular weight excluding hydrogens is 269 g/mol. The molecule has 0 saturated carbocycles. The first kappa shape index (κ1) is 15.5. The predicted molar refractivity (Wildman–Crippen MR) is 80.8 cm³/mol. The number of aliphatic hydroxyl groups is 1. The summed E-state index contributed by atoms with van der Waals surface area (Å²) in [6.07, 6.45) is 0. The normalized spacial score (nSPS) is 13.7. The van der Waals surface area contributed by atoms with E-state index in [1.807, 2.05) is 37.3 Å². The molecule has 0 aliphatic rings. The van der Waals surface area contributed by atoms with Crippen molar-refractivity contribution in [2.75, 3.05) is 13.7 Å². The fourth-order valence-corrected chi connectivity index (χ4v) is 2.44. The number of rotatable bonds is 6. The predicted octanol–water partition coefficient (Wildman–Crippen LogP) is 3.22. The summed E-state index contributed by atoms with van der Waals surface area (Å²) in [6.45, 7) is 1.79. The summed E-state index contributed by atoms with van der Waals surface area (Å²) in [7, 11) is 1.52. The number of nitrogens with one attached hydrogen (secondary N) is 1. The first-order chi connectivity index (χ1) is 10.2. The summed E-state index contributed by atoms with van der Waals surface area (Å²) in [4.78, 5) is 0. The largest absolute Gasteiger partial charge is 0.496 e. The van der Waals surface area contributed by atoms with Crippen LogP contribution in [0.2, 0.25) is 0 Å². The molecule has 4 heteroatoms. The Hall–Kier alpha value is -1.91. The lowest BCUT2D eigenvalue weighted by atomic mass is 10.0. The van der Waals surface area contributed by atoms with Crippen LogP contribution >= 0.6 is 0 Å². The number of aliphatic hydroxyl groups excluding tert-OH is 1. The fraction of sp³-hybridized carbons (Fsp3) is 0.294. The van der Waals surface area contributed by atoms with Crippen molar-refractivity contribution in [3.63, 3.8) is 0 Å². The van der Waals surface area contributed by atoms with Crippen molar-refractivity contribution in [2.24, 2.45) is 0 Å². The highest BCUT2D eigenvalue weighted by Crippen LogP contribution is 2.29. The molecule has 0 saturated heterocycles. The van der Waals surface area contributed by atoms with Gasteiger partial charge in [-0.2, -0.15) is 0 Å². The van der Waals surface area contributed by atoms with Gasteiger partial charge in [-0.05, 0) is 24.6 Å². The zero-order chi connectivity index (χ0) is 15.2. The summed E-state index contributed by atoms with van der Waals surface area (Å²) in [5.74, 6) is 0.179. The number of hydrogen-bond acceptors (Lipinski definition) is 3. The molecular formula is C17H20FNO2. The molecule has 2 rings (SSSR count). The van der Waals surface area contributed by atoms with Crippen LogP contribution in [0.3, 0.4) is 0 Å². The van der Waals surface area contributed by atoms with Crippen LogP contribution in [0.4, 0.5) is 4.39 Å². The Morgan fingerprint density at radius 1 is 1.14 bits per heavy atom. The molecule has 0 radical (unpaired) electrons. The van der Waals surface area contributed by atoms with Crippen LogP contribution in [0.15, 0.2) is 48.5 Å². The third-order valence-corrected chi connectivity index (χ3v) is 3.50. The Morgan fingerprint density at radius 2 is 1.86 bits per heavy atom. The van der Waals surface area contributed by atoms with Crippen molar-refractivity contribution in [3.05, 3.63) is 65.5 Å². The highest BCUT2D eigenvalue weighted by atomic mass is 19.1. The van der Waals surface area contributed by atoms with Gasteiger partial charge in [-0.25, -0.2) is 4.39 Å². The average molecular weight is 289 g/mol. The van der Waals surface area contributed by atoms with Gasteiger partial charge in [0.1, 0.15) is 11.6 Å². The minimum absolute atomic E-state index is 0.0644. The van der Waals surface area contributed by atoms with Crippen LogP contribution in [-0.2, 0) is 0 Å². The number of hydrogen-bond donors (Lipinski definition) is 2. The minimum Gasteiger partial charge on any atom is -0.496 e.